The van der Waals surface area contributed by atoms with E-state index in [4.69, 9.17) is 9.25 Å². The van der Waals surface area contributed by atoms with Crippen molar-refractivity contribution in [3.8, 4) is 0 Å². The predicted octanol–water partition coefficient (Wildman–Crippen LogP) is 11.0. The Hall–Kier alpha value is 0.0300. The van der Waals surface area contributed by atoms with Gasteiger partial charge >= 0.3 is 7.82 Å². The van der Waals surface area contributed by atoms with E-state index < -0.39 is 7.82 Å². The lowest BCUT2D eigenvalue weighted by Crippen LogP contribution is -2.30. The van der Waals surface area contributed by atoms with Crippen molar-refractivity contribution in [1.82, 2.24) is 10.1 Å². The number of hydroxylamine groups is 4. The summed E-state index contributed by atoms with van der Waals surface area (Å²) < 4.78 is 24.6. The summed E-state index contributed by atoms with van der Waals surface area (Å²) in [7, 11) is -4.22. The van der Waals surface area contributed by atoms with Crippen LogP contribution in [0.1, 0.15) is 182 Å². The molecule has 0 bridgehead atoms. The molecule has 0 aliphatic heterocycles. The van der Waals surface area contributed by atoms with E-state index in [-0.39, 0.29) is 0 Å². The van der Waals surface area contributed by atoms with Crippen LogP contribution in [0.2, 0.25) is 0 Å². The lowest BCUT2D eigenvalue weighted by atomic mass is 10.1. The molecule has 0 radical (unpaired) electrons. The van der Waals surface area contributed by atoms with Crippen LogP contribution in [0.25, 0.3) is 0 Å². The summed E-state index contributed by atoms with van der Waals surface area (Å²) in [4.78, 5) is 10.8. The van der Waals surface area contributed by atoms with E-state index in [1.165, 1.54) is 103 Å². The highest BCUT2D eigenvalue weighted by Crippen LogP contribution is 2.45. The number of phosphoric acid groups is 1. The fourth-order valence-electron chi connectivity index (χ4n) is 4.97. The van der Waals surface area contributed by atoms with Crippen molar-refractivity contribution in [2.45, 2.75) is 182 Å². The molecule has 0 saturated carbocycles. The Balaban J connectivity index is 4.84. The van der Waals surface area contributed by atoms with E-state index in [1.54, 1.807) is 10.1 Å². The van der Waals surface area contributed by atoms with Crippen LogP contribution < -0.4 is 0 Å². The van der Waals surface area contributed by atoms with Gasteiger partial charge in [-0.3, -0.25) is 0 Å². The largest absolute Gasteiger partial charge is 0.505 e. The summed E-state index contributed by atoms with van der Waals surface area (Å²) >= 11 is 0. The summed E-state index contributed by atoms with van der Waals surface area (Å²) in [6, 6.07) is 0. The molecule has 0 amide bonds. The Kier molecular flexibility index (Phi) is 29.5. The van der Waals surface area contributed by atoms with Crippen molar-refractivity contribution < 1.29 is 18.7 Å². The maximum Gasteiger partial charge on any atom is 0.505 e. The van der Waals surface area contributed by atoms with Crippen LogP contribution in [0.5, 0.6) is 0 Å². The fourth-order valence-corrected chi connectivity index (χ4v) is 5.91. The molecule has 0 saturated heterocycles. The molecule has 0 atom stereocenters. The molecule has 7 heteroatoms. The molecule has 0 aromatic heterocycles. The van der Waals surface area contributed by atoms with E-state index in [1.807, 2.05) is 0 Å². The third-order valence-corrected chi connectivity index (χ3v) is 8.36. The van der Waals surface area contributed by atoms with Crippen LogP contribution in [-0.2, 0) is 13.8 Å². The number of rotatable bonds is 32. The lowest BCUT2D eigenvalue weighted by molar-refractivity contribution is -0.142. The molecular formula is C32H69N2O4P. The molecule has 0 aromatic rings. The Morgan fingerprint density at radius 3 is 0.846 bits per heavy atom. The second kappa shape index (κ2) is 29.5. The Morgan fingerprint density at radius 1 is 0.410 bits per heavy atom. The molecule has 0 fully saturated rings. The van der Waals surface area contributed by atoms with Crippen LogP contribution in [0.15, 0.2) is 0 Å². The van der Waals surface area contributed by atoms with E-state index >= 15 is 0 Å². The first-order valence-corrected chi connectivity index (χ1v) is 18.7. The molecule has 6 nitrogen and oxygen atoms in total. The maximum absolute atomic E-state index is 13.2. The molecule has 236 valence electrons. The summed E-state index contributed by atoms with van der Waals surface area (Å²) in [6.45, 7) is 11.7. The molecule has 39 heavy (non-hydrogen) atoms. The quantitative estimate of drug-likeness (QED) is 0.0488. The van der Waals surface area contributed by atoms with Crippen molar-refractivity contribution >= 4 is 7.82 Å². The first-order valence-electron chi connectivity index (χ1n) is 17.2. The third kappa shape index (κ3) is 27.9. The predicted molar refractivity (Wildman–Crippen MR) is 169 cm³/mol. The highest BCUT2D eigenvalue weighted by atomic mass is 31.2. The smallest absolute Gasteiger partial charge is 0.300 e. The topological polar surface area (TPSA) is 62.2 Å². The number of unbranched alkanes of at least 4 members (excludes halogenated alkanes) is 20. The standard InChI is InChI=1S/C32H69N2O4P/c1-5-9-13-17-21-25-29-33(30-26-22-18-14-10-6-2)37-39(35,36)38-34(31-27-23-19-15-11-7-3)32-28-24-20-16-12-8-4/h5-32H2,1-4H3,(H,35,36). The second-order valence-corrected chi connectivity index (χ2v) is 12.8. The minimum absolute atomic E-state index is 0.684. The van der Waals surface area contributed by atoms with E-state index in [0.29, 0.717) is 26.2 Å². The molecule has 0 aromatic carbocycles. The lowest BCUT2D eigenvalue weighted by Gasteiger charge is -2.28. The average Bonchev–Trinajstić information content (AvgIpc) is 2.91. The van der Waals surface area contributed by atoms with Crippen molar-refractivity contribution in [3.05, 3.63) is 0 Å². The highest BCUT2D eigenvalue weighted by molar-refractivity contribution is 7.47. The number of hydrogen-bond acceptors (Lipinski definition) is 5. The monoisotopic (exact) mass is 576 g/mol. The molecule has 0 spiro atoms. The van der Waals surface area contributed by atoms with Gasteiger partial charge in [0.15, 0.2) is 0 Å². The first kappa shape index (κ1) is 39.0. The Morgan fingerprint density at radius 2 is 0.615 bits per heavy atom. The zero-order valence-corrected chi connectivity index (χ0v) is 27.7. The fraction of sp³-hybridized carbons (Fsp3) is 1.00. The molecule has 0 unspecified atom stereocenters. The molecular weight excluding hydrogens is 507 g/mol. The van der Waals surface area contributed by atoms with Crippen molar-refractivity contribution in [3.63, 3.8) is 0 Å². The highest BCUT2D eigenvalue weighted by Gasteiger charge is 2.29. The summed E-state index contributed by atoms with van der Waals surface area (Å²) in [5.74, 6) is 0. The molecule has 0 rings (SSSR count). The minimum Gasteiger partial charge on any atom is -0.300 e. The summed E-state index contributed by atoms with van der Waals surface area (Å²) in [5, 5.41) is 3.46. The van der Waals surface area contributed by atoms with Gasteiger partial charge in [-0.05, 0) is 25.7 Å². The van der Waals surface area contributed by atoms with Crippen LogP contribution in [-0.4, -0.2) is 41.2 Å². The molecule has 0 aliphatic rings. The normalized spacial score (nSPS) is 12.3. The van der Waals surface area contributed by atoms with Gasteiger partial charge in [0.05, 0.1) is 0 Å². The zero-order valence-electron chi connectivity index (χ0n) is 26.8. The van der Waals surface area contributed by atoms with Gasteiger partial charge in [0.2, 0.25) is 0 Å². The van der Waals surface area contributed by atoms with E-state index in [9.17, 15) is 9.46 Å². The van der Waals surface area contributed by atoms with Gasteiger partial charge < -0.3 is 4.89 Å². The van der Waals surface area contributed by atoms with Gasteiger partial charge in [-0.2, -0.15) is 19.4 Å². The number of nitrogens with zero attached hydrogens (tertiary/aromatic N) is 2. The van der Waals surface area contributed by atoms with Gasteiger partial charge in [-0.1, -0.05) is 156 Å². The van der Waals surface area contributed by atoms with Gasteiger partial charge in [0.25, 0.3) is 0 Å². The van der Waals surface area contributed by atoms with E-state index in [0.717, 1.165) is 51.4 Å². The molecule has 0 heterocycles. The van der Waals surface area contributed by atoms with Crippen LogP contribution in [0.3, 0.4) is 0 Å². The Labute approximate surface area is 244 Å². The minimum atomic E-state index is -4.22. The number of hydrogen-bond donors (Lipinski definition) is 1. The zero-order chi connectivity index (χ0) is 28.9. The summed E-state index contributed by atoms with van der Waals surface area (Å²) in [6.07, 6.45) is 28.5. The first-order chi connectivity index (χ1) is 19.0. The molecule has 1 N–H and O–H groups in total. The molecule has 0 aliphatic carbocycles. The SMILES string of the molecule is CCCCCCCCN(CCCCCCCC)OP(=O)(O)ON(CCCCCCCC)CCCCCCCC. The average molecular weight is 577 g/mol. The van der Waals surface area contributed by atoms with Crippen LogP contribution in [0, 0.1) is 0 Å². The van der Waals surface area contributed by atoms with E-state index in [2.05, 4.69) is 27.7 Å². The summed E-state index contributed by atoms with van der Waals surface area (Å²) in [5.41, 5.74) is 0. The van der Waals surface area contributed by atoms with Crippen molar-refractivity contribution in [1.29, 1.82) is 0 Å². The van der Waals surface area contributed by atoms with Crippen molar-refractivity contribution in [2.75, 3.05) is 26.2 Å². The third-order valence-electron chi connectivity index (χ3n) is 7.48. The van der Waals surface area contributed by atoms with Crippen LogP contribution >= 0.6 is 7.82 Å². The van der Waals surface area contributed by atoms with Gasteiger partial charge in [-0.25, -0.2) is 4.57 Å². The van der Waals surface area contributed by atoms with Crippen molar-refractivity contribution in [2.24, 2.45) is 0 Å². The van der Waals surface area contributed by atoms with Gasteiger partial charge in [0, 0.05) is 26.2 Å². The van der Waals surface area contributed by atoms with Gasteiger partial charge in [-0.15, -0.1) is 0 Å². The maximum atomic E-state index is 13.2. The second-order valence-electron chi connectivity index (χ2n) is 11.6. The van der Waals surface area contributed by atoms with Crippen LogP contribution in [0.4, 0.5) is 0 Å². The van der Waals surface area contributed by atoms with Gasteiger partial charge in [0.1, 0.15) is 0 Å². The Bertz CT molecular complexity index is 464.